The Bertz CT molecular complexity index is 361. The molecule has 1 aliphatic rings. The van der Waals surface area contributed by atoms with Crippen LogP contribution in [0.3, 0.4) is 0 Å². The SMILES string of the molecule is Cc1nc(C=O)c2c(n1)CCCCC2. The fraction of sp³-hybridized carbons (Fsp3) is 0.545. The topological polar surface area (TPSA) is 42.9 Å². The van der Waals surface area contributed by atoms with E-state index in [0.29, 0.717) is 11.5 Å². The number of carbonyl (C=O) groups excluding carboxylic acids is 1. The molecule has 0 bridgehead atoms. The molecule has 1 heterocycles. The van der Waals surface area contributed by atoms with Crippen LogP contribution in [-0.4, -0.2) is 16.3 Å². The zero-order valence-corrected chi connectivity index (χ0v) is 8.42. The summed E-state index contributed by atoms with van der Waals surface area (Å²) in [5.74, 6) is 0.716. The molecule has 3 nitrogen and oxygen atoms in total. The maximum absolute atomic E-state index is 10.9. The number of hydrogen-bond acceptors (Lipinski definition) is 3. The van der Waals surface area contributed by atoms with Crippen LogP contribution in [0.15, 0.2) is 0 Å². The highest BCUT2D eigenvalue weighted by Crippen LogP contribution is 2.20. The zero-order chi connectivity index (χ0) is 9.97. The van der Waals surface area contributed by atoms with E-state index in [9.17, 15) is 4.79 Å². The van der Waals surface area contributed by atoms with Gasteiger partial charge in [0.2, 0.25) is 0 Å². The van der Waals surface area contributed by atoms with E-state index in [1.165, 1.54) is 12.8 Å². The van der Waals surface area contributed by atoms with Crippen LogP contribution >= 0.6 is 0 Å². The predicted molar refractivity (Wildman–Crippen MR) is 53.4 cm³/mol. The molecule has 0 amide bonds. The molecular weight excluding hydrogens is 176 g/mol. The molecule has 14 heavy (non-hydrogen) atoms. The van der Waals surface area contributed by atoms with Gasteiger partial charge in [0.15, 0.2) is 6.29 Å². The van der Waals surface area contributed by atoms with E-state index in [1.807, 2.05) is 6.92 Å². The number of aryl methyl sites for hydroxylation is 2. The van der Waals surface area contributed by atoms with Gasteiger partial charge in [0.1, 0.15) is 11.5 Å². The summed E-state index contributed by atoms with van der Waals surface area (Å²) in [6, 6.07) is 0. The summed E-state index contributed by atoms with van der Waals surface area (Å²) in [7, 11) is 0. The highest BCUT2D eigenvalue weighted by molar-refractivity contribution is 5.74. The van der Waals surface area contributed by atoms with Crippen molar-refractivity contribution in [2.45, 2.75) is 39.0 Å². The van der Waals surface area contributed by atoms with Crippen molar-refractivity contribution in [3.8, 4) is 0 Å². The number of aromatic nitrogens is 2. The van der Waals surface area contributed by atoms with Gasteiger partial charge in [0.25, 0.3) is 0 Å². The Morgan fingerprint density at radius 1 is 1.14 bits per heavy atom. The van der Waals surface area contributed by atoms with Gasteiger partial charge in [0, 0.05) is 11.3 Å². The molecule has 1 aromatic heterocycles. The molecule has 0 aromatic carbocycles. The summed E-state index contributed by atoms with van der Waals surface area (Å²) in [4.78, 5) is 19.4. The summed E-state index contributed by atoms with van der Waals surface area (Å²) < 4.78 is 0. The minimum Gasteiger partial charge on any atom is -0.296 e. The van der Waals surface area contributed by atoms with Crippen LogP contribution in [0.5, 0.6) is 0 Å². The minimum absolute atomic E-state index is 0.606. The Labute approximate surface area is 83.6 Å². The van der Waals surface area contributed by atoms with Crippen LogP contribution in [0.2, 0.25) is 0 Å². The average molecular weight is 190 g/mol. The van der Waals surface area contributed by atoms with E-state index >= 15 is 0 Å². The number of rotatable bonds is 1. The smallest absolute Gasteiger partial charge is 0.168 e. The Morgan fingerprint density at radius 3 is 2.71 bits per heavy atom. The molecule has 1 aliphatic carbocycles. The maximum Gasteiger partial charge on any atom is 0.168 e. The number of carbonyl (C=O) groups is 1. The molecule has 0 atom stereocenters. The molecule has 2 rings (SSSR count). The van der Waals surface area contributed by atoms with Gasteiger partial charge in [-0.05, 0) is 32.6 Å². The van der Waals surface area contributed by atoms with Gasteiger partial charge in [-0.3, -0.25) is 4.79 Å². The summed E-state index contributed by atoms with van der Waals surface area (Å²) in [5, 5.41) is 0. The van der Waals surface area contributed by atoms with Gasteiger partial charge in [0.05, 0.1) is 0 Å². The van der Waals surface area contributed by atoms with E-state index < -0.39 is 0 Å². The molecule has 3 heteroatoms. The monoisotopic (exact) mass is 190 g/mol. The van der Waals surface area contributed by atoms with E-state index in [2.05, 4.69) is 9.97 Å². The first-order chi connectivity index (χ1) is 6.81. The van der Waals surface area contributed by atoms with E-state index in [1.54, 1.807) is 0 Å². The molecule has 1 aromatic rings. The first-order valence-corrected chi connectivity index (χ1v) is 5.13. The van der Waals surface area contributed by atoms with Crippen molar-refractivity contribution in [1.82, 2.24) is 9.97 Å². The van der Waals surface area contributed by atoms with Crippen molar-refractivity contribution < 1.29 is 4.79 Å². The van der Waals surface area contributed by atoms with Crippen molar-refractivity contribution in [3.63, 3.8) is 0 Å². The fourth-order valence-corrected chi connectivity index (χ4v) is 2.03. The maximum atomic E-state index is 10.9. The lowest BCUT2D eigenvalue weighted by Gasteiger charge is -2.07. The van der Waals surface area contributed by atoms with E-state index in [-0.39, 0.29) is 0 Å². The van der Waals surface area contributed by atoms with Gasteiger partial charge in [-0.15, -0.1) is 0 Å². The molecule has 0 unspecified atom stereocenters. The average Bonchev–Trinajstić information content (AvgIpc) is 2.41. The fourth-order valence-electron chi connectivity index (χ4n) is 2.03. The van der Waals surface area contributed by atoms with Crippen LogP contribution in [-0.2, 0) is 12.8 Å². The van der Waals surface area contributed by atoms with E-state index in [0.717, 1.165) is 36.8 Å². The number of nitrogens with zero attached hydrogens (tertiary/aromatic N) is 2. The number of fused-ring (bicyclic) bond motifs is 1. The Kier molecular flexibility index (Phi) is 2.57. The number of aldehydes is 1. The van der Waals surface area contributed by atoms with Gasteiger partial charge in [-0.1, -0.05) is 6.42 Å². The second-order valence-corrected chi connectivity index (χ2v) is 3.76. The first kappa shape index (κ1) is 9.31. The van der Waals surface area contributed by atoms with Gasteiger partial charge < -0.3 is 0 Å². The van der Waals surface area contributed by atoms with Crippen molar-refractivity contribution in [3.05, 3.63) is 22.8 Å². The lowest BCUT2D eigenvalue weighted by atomic mass is 10.1. The van der Waals surface area contributed by atoms with Crippen molar-refractivity contribution >= 4 is 6.29 Å². The van der Waals surface area contributed by atoms with Crippen molar-refractivity contribution in [2.24, 2.45) is 0 Å². The Balaban J connectivity index is 2.51. The summed E-state index contributed by atoms with van der Waals surface area (Å²) >= 11 is 0. The number of hydrogen-bond donors (Lipinski definition) is 0. The zero-order valence-electron chi connectivity index (χ0n) is 8.42. The van der Waals surface area contributed by atoms with Gasteiger partial charge in [-0.25, -0.2) is 9.97 Å². The van der Waals surface area contributed by atoms with Crippen molar-refractivity contribution in [1.29, 1.82) is 0 Å². The molecular formula is C11H14N2O. The lowest BCUT2D eigenvalue weighted by Crippen LogP contribution is -2.06. The summed E-state index contributed by atoms with van der Waals surface area (Å²) in [6.45, 7) is 1.85. The molecule has 0 saturated carbocycles. The van der Waals surface area contributed by atoms with Gasteiger partial charge >= 0.3 is 0 Å². The predicted octanol–water partition coefficient (Wildman–Crippen LogP) is 1.87. The van der Waals surface area contributed by atoms with Crippen LogP contribution in [0.25, 0.3) is 0 Å². The molecule has 74 valence electrons. The lowest BCUT2D eigenvalue weighted by molar-refractivity contribution is 0.111. The third-order valence-corrected chi connectivity index (χ3v) is 2.69. The summed E-state index contributed by atoms with van der Waals surface area (Å²) in [5.41, 5.74) is 2.79. The summed E-state index contributed by atoms with van der Waals surface area (Å²) in [6.07, 6.45) is 6.39. The van der Waals surface area contributed by atoms with Crippen LogP contribution in [0.4, 0.5) is 0 Å². The van der Waals surface area contributed by atoms with Crippen LogP contribution < -0.4 is 0 Å². The molecule has 0 saturated heterocycles. The third-order valence-electron chi connectivity index (χ3n) is 2.69. The molecule has 0 fully saturated rings. The minimum atomic E-state index is 0.606. The van der Waals surface area contributed by atoms with Crippen molar-refractivity contribution in [2.75, 3.05) is 0 Å². The normalized spacial score (nSPS) is 15.8. The Morgan fingerprint density at radius 2 is 1.93 bits per heavy atom. The first-order valence-electron chi connectivity index (χ1n) is 5.13. The largest absolute Gasteiger partial charge is 0.296 e. The third kappa shape index (κ3) is 1.67. The highest BCUT2D eigenvalue weighted by Gasteiger charge is 2.14. The second kappa shape index (κ2) is 3.86. The van der Waals surface area contributed by atoms with Crippen LogP contribution in [0, 0.1) is 6.92 Å². The van der Waals surface area contributed by atoms with E-state index in [4.69, 9.17) is 0 Å². The molecule has 0 spiro atoms. The molecule has 0 radical (unpaired) electrons. The van der Waals surface area contributed by atoms with Gasteiger partial charge in [-0.2, -0.15) is 0 Å². The molecule has 0 N–H and O–H groups in total. The quantitative estimate of drug-likeness (QED) is 0.501. The molecule has 0 aliphatic heterocycles. The highest BCUT2D eigenvalue weighted by atomic mass is 16.1. The van der Waals surface area contributed by atoms with Crippen LogP contribution in [0.1, 0.15) is 46.8 Å². The standard InChI is InChI=1S/C11H14N2O/c1-8-12-10-6-4-2-3-5-9(10)11(7-14)13-8/h7H,2-6H2,1H3. The second-order valence-electron chi connectivity index (χ2n) is 3.76. The Hall–Kier alpha value is -1.25.